The van der Waals surface area contributed by atoms with Gasteiger partial charge in [0.1, 0.15) is 5.75 Å². The van der Waals surface area contributed by atoms with E-state index in [-0.39, 0.29) is 30.2 Å². The van der Waals surface area contributed by atoms with Crippen LogP contribution in [0.15, 0.2) is 54.6 Å². The lowest BCUT2D eigenvalue weighted by molar-refractivity contribution is -0.136. The third-order valence-corrected chi connectivity index (χ3v) is 6.96. The van der Waals surface area contributed by atoms with Gasteiger partial charge in [-0.1, -0.05) is 56.3 Å². The Morgan fingerprint density at radius 3 is 2.59 bits per heavy atom. The van der Waals surface area contributed by atoms with Crippen molar-refractivity contribution < 1.29 is 19.8 Å². The first-order valence-corrected chi connectivity index (χ1v) is 11.4. The molecule has 3 rings (SSSR count). The van der Waals surface area contributed by atoms with E-state index in [0.717, 1.165) is 31.6 Å². The maximum atomic E-state index is 12.8. The molecule has 1 fully saturated rings. The molecule has 3 unspecified atom stereocenters. The molecule has 0 aliphatic carbocycles. The molecule has 0 bridgehead atoms. The van der Waals surface area contributed by atoms with Crippen molar-refractivity contribution in [1.29, 1.82) is 0 Å². The van der Waals surface area contributed by atoms with E-state index in [9.17, 15) is 14.7 Å². The molecule has 3 atom stereocenters. The number of hydrogen-bond donors (Lipinski definition) is 3. The summed E-state index contributed by atoms with van der Waals surface area (Å²) in [6, 6.07) is 17.3. The zero-order valence-electron chi connectivity index (χ0n) is 19.0. The Bertz CT molecular complexity index is 917. The van der Waals surface area contributed by atoms with Crippen LogP contribution in [0, 0.1) is 5.92 Å². The molecule has 172 valence electrons. The van der Waals surface area contributed by atoms with Crippen molar-refractivity contribution in [3.05, 3.63) is 65.7 Å². The van der Waals surface area contributed by atoms with Crippen LogP contribution in [-0.2, 0) is 15.0 Å². The van der Waals surface area contributed by atoms with E-state index in [2.05, 4.69) is 30.1 Å². The van der Waals surface area contributed by atoms with Crippen molar-refractivity contribution in [2.45, 2.75) is 44.4 Å². The second-order valence-corrected chi connectivity index (χ2v) is 9.11. The van der Waals surface area contributed by atoms with Crippen LogP contribution in [-0.4, -0.2) is 53.2 Å². The lowest BCUT2D eigenvalue weighted by Crippen LogP contribution is -2.48. The zero-order valence-corrected chi connectivity index (χ0v) is 19.0. The average molecular weight is 439 g/mol. The van der Waals surface area contributed by atoms with Crippen molar-refractivity contribution >= 4 is 11.9 Å². The van der Waals surface area contributed by atoms with Gasteiger partial charge in [0.15, 0.2) is 0 Å². The first-order chi connectivity index (χ1) is 15.3. The standard InChI is InChI=1S/C26H34N2O4/c1-19-18-28(16-13-26(19,2)21-9-6-10-22(29)17-21)15-12-23(20-7-4-3-5-8-20)25(32)27-14-11-24(30)31/h3-10,17,19,23,29H,11-16,18H2,1-2H3,(H,27,32)(H,30,31). The number of hydrogen-bond acceptors (Lipinski definition) is 4. The van der Waals surface area contributed by atoms with E-state index < -0.39 is 5.97 Å². The van der Waals surface area contributed by atoms with Crippen molar-refractivity contribution in [1.82, 2.24) is 10.2 Å². The van der Waals surface area contributed by atoms with Gasteiger partial charge in [0, 0.05) is 13.1 Å². The molecule has 0 spiro atoms. The fraction of sp³-hybridized carbons (Fsp3) is 0.462. The number of carbonyl (C=O) groups is 2. The number of rotatable bonds is 9. The molecule has 0 radical (unpaired) electrons. The smallest absolute Gasteiger partial charge is 0.305 e. The summed E-state index contributed by atoms with van der Waals surface area (Å²) < 4.78 is 0. The second-order valence-electron chi connectivity index (χ2n) is 9.11. The van der Waals surface area contributed by atoms with Crippen molar-refractivity contribution in [2.24, 2.45) is 5.92 Å². The van der Waals surface area contributed by atoms with Crippen molar-refractivity contribution in [3.63, 3.8) is 0 Å². The number of carboxylic acid groups (broad SMARTS) is 1. The predicted octanol–water partition coefficient (Wildman–Crippen LogP) is 3.76. The van der Waals surface area contributed by atoms with Crippen molar-refractivity contribution in [2.75, 3.05) is 26.2 Å². The lowest BCUT2D eigenvalue weighted by atomic mass is 9.68. The van der Waals surface area contributed by atoms with E-state index in [1.54, 1.807) is 6.07 Å². The van der Waals surface area contributed by atoms with Gasteiger partial charge in [-0.2, -0.15) is 0 Å². The molecule has 0 saturated carbocycles. The quantitative estimate of drug-likeness (QED) is 0.555. The molecule has 2 aromatic carbocycles. The lowest BCUT2D eigenvalue weighted by Gasteiger charge is -2.45. The van der Waals surface area contributed by atoms with Gasteiger partial charge in [0.25, 0.3) is 0 Å². The topological polar surface area (TPSA) is 89.9 Å². The highest BCUT2D eigenvalue weighted by molar-refractivity contribution is 5.84. The molecule has 1 heterocycles. The molecule has 3 N–H and O–H groups in total. The Balaban J connectivity index is 1.62. The van der Waals surface area contributed by atoms with Gasteiger partial charge in [-0.25, -0.2) is 0 Å². The predicted molar refractivity (Wildman–Crippen MR) is 125 cm³/mol. The van der Waals surface area contributed by atoms with Crippen LogP contribution in [0.2, 0.25) is 0 Å². The number of nitrogens with one attached hydrogen (secondary N) is 1. The van der Waals surface area contributed by atoms with Crippen molar-refractivity contribution in [3.8, 4) is 5.75 Å². The molecular weight excluding hydrogens is 404 g/mol. The SMILES string of the molecule is CC1CN(CCC(C(=O)NCCC(=O)O)c2ccccc2)CCC1(C)c1cccc(O)c1. The molecule has 1 aliphatic rings. The summed E-state index contributed by atoms with van der Waals surface area (Å²) in [5, 5.41) is 21.5. The van der Waals surface area contributed by atoms with Gasteiger partial charge in [0.2, 0.25) is 5.91 Å². The molecule has 2 aromatic rings. The molecule has 6 heteroatoms. The van der Waals surface area contributed by atoms with Gasteiger partial charge in [-0.3, -0.25) is 9.59 Å². The normalized spacial score (nSPS) is 22.2. The maximum Gasteiger partial charge on any atom is 0.305 e. The highest BCUT2D eigenvalue weighted by atomic mass is 16.4. The fourth-order valence-corrected chi connectivity index (χ4v) is 4.67. The number of nitrogens with zero attached hydrogens (tertiary/aromatic N) is 1. The molecule has 1 amide bonds. The minimum absolute atomic E-state index is 0.00226. The molecule has 0 aromatic heterocycles. The molecule has 6 nitrogen and oxygen atoms in total. The number of phenolic OH excluding ortho intramolecular Hbond substituents is 1. The van der Waals surface area contributed by atoms with Crippen LogP contribution in [0.5, 0.6) is 5.75 Å². The van der Waals surface area contributed by atoms with E-state index in [1.165, 1.54) is 5.56 Å². The van der Waals surface area contributed by atoms with Crippen LogP contribution in [0.25, 0.3) is 0 Å². The summed E-state index contributed by atoms with van der Waals surface area (Å²) in [4.78, 5) is 26.0. The van der Waals surface area contributed by atoms with Crippen LogP contribution in [0.3, 0.4) is 0 Å². The number of benzene rings is 2. The third-order valence-electron chi connectivity index (χ3n) is 6.96. The summed E-state index contributed by atoms with van der Waals surface area (Å²) in [5.74, 6) is -0.638. The van der Waals surface area contributed by atoms with Gasteiger partial charge < -0.3 is 20.4 Å². The second kappa shape index (κ2) is 10.6. The first kappa shape index (κ1) is 23.8. The maximum absolute atomic E-state index is 12.8. The summed E-state index contributed by atoms with van der Waals surface area (Å²) in [5.41, 5.74) is 2.13. The average Bonchev–Trinajstić information content (AvgIpc) is 2.77. The van der Waals surface area contributed by atoms with Crippen LogP contribution in [0.1, 0.15) is 50.2 Å². The number of aromatic hydroxyl groups is 1. The number of aliphatic carboxylic acids is 1. The van der Waals surface area contributed by atoms with Gasteiger partial charge >= 0.3 is 5.97 Å². The number of amides is 1. The molecule has 1 aliphatic heterocycles. The summed E-state index contributed by atoms with van der Waals surface area (Å²) >= 11 is 0. The number of likely N-dealkylation sites (tertiary alicyclic amines) is 1. The van der Waals surface area contributed by atoms with E-state index in [4.69, 9.17) is 5.11 Å². The Morgan fingerprint density at radius 2 is 1.94 bits per heavy atom. The molecule has 1 saturated heterocycles. The Hall–Kier alpha value is -2.86. The molecular formula is C26H34N2O4. The minimum Gasteiger partial charge on any atom is -0.508 e. The van der Waals surface area contributed by atoms with Gasteiger partial charge in [-0.05, 0) is 60.5 Å². The van der Waals surface area contributed by atoms with Crippen LogP contribution >= 0.6 is 0 Å². The summed E-state index contributed by atoms with van der Waals surface area (Å²) in [6.07, 6.45) is 1.58. The van der Waals surface area contributed by atoms with Gasteiger partial charge in [-0.15, -0.1) is 0 Å². The monoisotopic (exact) mass is 438 g/mol. The van der Waals surface area contributed by atoms with E-state index >= 15 is 0 Å². The highest BCUT2D eigenvalue weighted by Crippen LogP contribution is 2.40. The third kappa shape index (κ3) is 5.88. The Morgan fingerprint density at radius 1 is 1.19 bits per heavy atom. The minimum atomic E-state index is -0.918. The van der Waals surface area contributed by atoms with Gasteiger partial charge in [0.05, 0.1) is 12.3 Å². The number of phenols is 1. The summed E-state index contributed by atoms with van der Waals surface area (Å²) in [7, 11) is 0. The van der Waals surface area contributed by atoms with Crippen LogP contribution < -0.4 is 5.32 Å². The molecule has 32 heavy (non-hydrogen) atoms. The first-order valence-electron chi connectivity index (χ1n) is 11.4. The van der Waals surface area contributed by atoms with E-state index in [0.29, 0.717) is 18.1 Å². The zero-order chi connectivity index (χ0) is 23.1. The summed E-state index contributed by atoms with van der Waals surface area (Å²) in [6.45, 7) is 7.32. The van der Waals surface area contributed by atoms with E-state index in [1.807, 2.05) is 42.5 Å². The fourth-order valence-electron chi connectivity index (χ4n) is 4.67. The Kier molecular flexibility index (Phi) is 7.91. The highest BCUT2D eigenvalue weighted by Gasteiger charge is 2.38. The number of carbonyl (C=O) groups excluding carboxylic acids is 1. The Labute approximate surface area is 190 Å². The number of piperidine rings is 1. The number of carboxylic acids is 1. The van der Waals surface area contributed by atoms with Crippen LogP contribution in [0.4, 0.5) is 0 Å². The largest absolute Gasteiger partial charge is 0.508 e.